The molecule has 0 aliphatic carbocycles. The van der Waals surface area contributed by atoms with Crippen LogP contribution < -0.4 is 10.2 Å². The van der Waals surface area contributed by atoms with E-state index in [1.54, 1.807) is 11.3 Å². The van der Waals surface area contributed by atoms with Crippen molar-refractivity contribution in [2.75, 3.05) is 18.5 Å². The number of hydrogen-bond donors (Lipinski definition) is 1. The van der Waals surface area contributed by atoms with Gasteiger partial charge in [0.15, 0.2) is 0 Å². The van der Waals surface area contributed by atoms with Crippen LogP contribution in [0.5, 0.6) is 0 Å². The maximum atomic E-state index is 4.51. The lowest BCUT2D eigenvalue weighted by Gasteiger charge is -2.17. The summed E-state index contributed by atoms with van der Waals surface area (Å²) in [6.45, 7) is 6.86. The Balaban J connectivity index is 1.99. The molecule has 2 aromatic heterocycles. The summed E-state index contributed by atoms with van der Waals surface area (Å²) in [6.07, 6.45) is 1.94. The summed E-state index contributed by atoms with van der Waals surface area (Å²) in [5.41, 5.74) is 4.22. The van der Waals surface area contributed by atoms with E-state index in [1.165, 1.54) is 10.4 Å². The summed E-state index contributed by atoms with van der Waals surface area (Å²) in [7, 11) is 2.06. The fourth-order valence-corrected chi connectivity index (χ4v) is 2.62. The summed E-state index contributed by atoms with van der Waals surface area (Å²) >= 11 is 1.70. The van der Waals surface area contributed by atoms with Crippen molar-refractivity contribution in [3.05, 3.63) is 40.0 Å². The molecule has 0 saturated carbocycles. The molecule has 4 nitrogen and oxygen atoms in total. The lowest BCUT2D eigenvalue weighted by atomic mass is 10.2. The van der Waals surface area contributed by atoms with E-state index in [0.717, 1.165) is 31.1 Å². The van der Waals surface area contributed by atoms with Gasteiger partial charge in [-0.2, -0.15) is 0 Å². The number of rotatable bonds is 6. The lowest BCUT2D eigenvalue weighted by molar-refractivity contribution is 0.724. The molecule has 2 heterocycles. The first-order valence-corrected chi connectivity index (χ1v) is 7.34. The molecule has 19 heavy (non-hydrogen) atoms. The van der Waals surface area contributed by atoms with Crippen molar-refractivity contribution >= 4 is 17.2 Å². The van der Waals surface area contributed by atoms with Crippen molar-refractivity contribution in [1.82, 2.24) is 15.3 Å². The van der Waals surface area contributed by atoms with Crippen LogP contribution in [-0.4, -0.2) is 23.6 Å². The Hall–Kier alpha value is -1.46. The molecule has 0 aromatic carbocycles. The van der Waals surface area contributed by atoms with Crippen LogP contribution in [0, 0.1) is 6.92 Å². The third-order valence-electron chi connectivity index (χ3n) is 3.00. The van der Waals surface area contributed by atoms with Crippen molar-refractivity contribution < 1.29 is 0 Å². The Morgan fingerprint density at radius 2 is 2.16 bits per heavy atom. The second-order valence-corrected chi connectivity index (χ2v) is 5.46. The van der Waals surface area contributed by atoms with Crippen LogP contribution in [0.1, 0.15) is 23.1 Å². The Bertz CT molecular complexity index is 506. The summed E-state index contributed by atoms with van der Waals surface area (Å²) in [4.78, 5) is 12.2. The van der Waals surface area contributed by atoms with Gasteiger partial charge in [-0.25, -0.2) is 9.97 Å². The number of anilines is 1. The van der Waals surface area contributed by atoms with E-state index in [-0.39, 0.29) is 0 Å². The van der Waals surface area contributed by atoms with Gasteiger partial charge in [0, 0.05) is 24.7 Å². The van der Waals surface area contributed by atoms with E-state index in [1.807, 2.05) is 18.6 Å². The van der Waals surface area contributed by atoms with Gasteiger partial charge >= 0.3 is 0 Å². The smallest absolute Gasteiger partial charge is 0.128 e. The summed E-state index contributed by atoms with van der Waals surface area (Å²) in [6, 6.07) is 4.20. The molecule has 0 unspecified atom stereocenters. The van der Waals surface area contributed by atoms with Gasteiger partial charge in [-0.1, -0.05) is 13.0 Å². The fraction of sp³-hybridized carbons (Fsp3) is 0.429. The summed E-state index contributed by atoms with van der Waals surface area (Å²) in [5.74, 6) is 0.994. The van der Waals surface area contributed by atoms with Crippen LogP contribution in [-0.2, 0) is 13.1 Å². The minimum absolute atomic E-state index is 0.857. The van der Waals surface area contributed by atoms with Gasteiger partial charge in [0.25, 0.3) is 0 Å². The molecule has 2 rings (SSSR count). The Kier molecular flexibility index (Phi) is 4.87. The minimum atomic E-state index is 0.857. The number of thiazole rings is 1. The monoisotopic (exact) mass is 276 g/mol. The van der Waals surface area contributed by atoms with Crippen LogP contribution in [0.25, 0.3) is 0 Å². The second-order valence-electron chi connectivity index (χ2n) is 4.52. The second kappa shape index (κ2) is 6.63. The highest BCUT2D eigenvalue weighted by Gasteiger charge is 2.07. The molecule has 0 aliphatic heterocycles. The van der Waals surface area contributed by atoms with Gasteiger partial charge in [0.05, 0.1) is 17.7 Å². The van der Waals surface area contributed by atoms with E-state index in [0.29, 0.717) is 0 Å². The Morgan fingerprint density at radius 1 is 1.32 bits per heavy atom. The molecular formula is C14H20N4S. The molecule has 2 aromatic rings. The molecule has 0 radical (unpaired) electrons. The third-order valence-corrected chi connectivity index (χ3v) is 3.92. The predicted molar refractivity (Wildman–Crippen MR) is 80.6 cm³/mol. The van der Waals surface area contributed by atoms with Crippen LogP contribution in [0.4, 0.5) is 5.82 Å². The zero-order chi connectivity index (χ0) is 13.7. The van der Waals surface area contributed by atoms with Crippen LogP contribution in [0.3, 0.4) is 0 Å². The molecule has 0 bridgehead atoms. The first-order chi connectivity index (χ1) is 9.20. The number of hydrogen-bond acceptors (Lipinski definition) is 5. The Morgan fingerprint density at radius 3 is 2.74 bits per heavy atom. The standard InChI is InChI=1S/C14H20N4S/c1-4-15-7-12-5-6-14(16-8-12)18(3)9-13-11(2)17-10-19-13/h5-6,8,10,15H,4,7,9H2,1-3H3. The molecule has 5 heteroatoms. The maximum Gasteiger partial charge on any atom is 0.128 e. The van der Waals surface area contributed by atoms with Gasteiger partial charge in [0.2, 0.25) is 0 Å². The average Bonchev–Trinajstić information content (AvgIpc) is 2.82. The van der Waals surface area contributed by atoms with Gasteiger partial charge in [-0.15, -0.1) is 11.3 Å². The minimum Gasteiger partial charge on any atom is -0.354 e. The molecule has 0 saturated heterocycles. The molecule has 1 N–H and O–H groups in total. The molecule has 102 valence electrons. The number of nitrogens with one attached hydrogen (secondary N) is 1. The zero-order valence-electron chi connectivity index (χ0n) is 11.7. The number of nitrogens with zero attached hydrogens (tertiary/aromatic N) is 3. The van der Waals surface area contributed by atoms with E-state index in [9.17, 15) is 0 Å². The van der Waals surface area contributed by atoms with Crippen molar-refractivity contribution in [1.29, 1.82) is 0 Å². The van der Waals surface area contributed by atoms with Crippen LogP contribution in [0.15, 0.2) is 23.8 Å². The number of pyridine rings is 1. The molecule has 0 spiro atoms. The highest BCUT2D eigenvalue weighted by molar-refractivity contribution is 7.09. The van der Waals surface area contributed by atoms with Crippen molar-refractivity contribution in [2.45, 2.75) is 26.9 Å². The quantitative estimate of drug-likeness (QED) is 0.880. The molecule has 0 atom stereocenters. The highest BCUT2D eigenvalue weighted by Crippen LogP contribution is 2.18. The maximum absolute atomic E-state index is 4.51. The molecule has 0 aliphatic rings. The highest BCUT2D eigenvalue weighted by atomic mass is 32.1. The number of aryl methyl sites for hydroxylation is 1. The topological polar surface area (TPSA) is 41.0 Å². The largest absolute Gasteiger partial charge is 0.354 e. The van der Waals surface area contributed by atoms with Crippen molar-refractivity contribution in [2.24, 2.45) is 0 Å². The van der Waals surface area contributed by atoms with Gasteiger partial charge in [-0.3, -0.25) is 0 Å². The molecular weight excluding hydrogens is 256 g/mol. The van der Waals surface area contributed by atoms with E-state index < -0.39 is 0 Å². The van der Waals surface area contributed by atoms with Gasteiger partial charge < -0.3 is 10.2 Å². The van der Waals surface area contributed by atoms with Crippen LogP contribution in [0.2, 0.25) is 0 Å². The summed E-state index contributed by atoms with van der Waals surface area (Å²) in [5, 5.41) is 3.30. The SMILES string of the molecule is CCNCc1ccc(N(C)Cc2scnc2C)nc1. The first-order valence-electron chi connectivity index (χ1n) is 6.46. The predicted octanol–water partition coefficient (Wildman–Crippen LogP) is 2.59. The van der Waals surface area contributed by atoms with Gasteiger partial charge in [0.1, 0.15) is 5.82 Å². The first kappa shape index (κ1) is 14.0. The fourth-order valence-electron chi connectivity index (χ4n) is 1.79. The van der Waals surface area contributed by atoms with Gasteiger partial charge in [-0.05, 0) is 25.1 Å². The average molecular weight is 276 g/mol. The Labute approximate surface area is 118 Å². The van der Waals surface area contributed by atoms with E-state index in [2.05, 4.69) is 46.3 Å². The summed E-state index contributed by atoms with van der Waals surface area (Å²) < 4.78 is 0. The van der Waals surface area contributed by atoms with E-state index >= 15 is 0 Å². The third kappa shape index (κ3) is 3.75. The molecule has 0 fully saturated rings. The van der Waals surface area contributed by atoms with E-state index in [4.69, 9.17) is 0 Å². The normalized spacial score (nSPS) is 10.7. The number of aromatic nitrogens is 2. The zero-order valence-corrected chi connectivity index (χ0v) is 12.5. The molecule has 0 amide bonds. The van der Waals surface area contributed by atoms with Crippen molar-refractivity contribution in [3.8, 4) is 0 Å². The van der Waals surface area contributed by atoms with Crippen molar-refractivity contribution in [3.63, 3.8) is 0 Å². The lowest BCUT2D eigenvalue weighted by Crippen LogP contribution is -2.18. The van der Waals surface area contributed by atoms with Crippen LogP contribution >= 0.6 is 11.3 Å².